The van der Waals surface area contributed by atoms with Crippen LogP contribution in [0.2, 0.25) is 0 Å². The third-order valence-electron chi connectivity index (χ3n) is 3.59. The molecule has 0 aliphatic heterocycles. The third-order valence-corrected chi connectivity index (χ3v) is 3.59. The largest absolute Gasteiger partial charge is 0.464 e. The Hall–Kier alpha value is -2.04. The monoisotopic (exact) mass is 321 g/mol. The van der Waals surface area contributed by atoms with Gasteiger partial charge in [0.25, 0.3) is 0 Å². The number of carbonyl (C=O) groups excluding carboxylic acids is 2. The first-order valence-corrected chi connectivity index (χ1v) is 8.02. The first kappa shape index (κ1) is 19.0. The Labute approximate surface area is 138 Å². The van der Waals surface area contributed by atoms with Crippen LogP contribution in [0.5, 0.6) is 0 Å². The smallest absolute Gasteiger partial charge is 0.410 e. The van der Waals surface area contributed by atoms with Crippen molar-refractivity contribution in [3.63, 3.8) is 0 Å². The molecule has 128 valence electrons. The molecule has 1 amide bonds. The maximum absolute atomic E-state index is 12.0. The Morgan fingerprint density at radius 2 is 1.74 bits per heavy atom. The molecule has 0 aliphatic carbocycles. The summed E-state index contributed by atoms with van der Waals surface area (Å²) in [6.45, 7) is 6.45. The van der Waals surface area contributed by atoms with Gasteiger partial charge in [-0.2, -0.15) is 0 Å². The highest BCUT2D eigenvalue weighted by molar-refractivity contribution is 5.80. The molecule has 5 heteroatoms. The van der Waals surface area contributed by atoms with E-state index in [0.29, 0.717) is 12.5 Å². The molecule has 0 heterocycles. The lowest BCUT2D eigenvalue weighted by Crippen LogP contribution is -2.41. The van der Waals surface area contributed by atoms with E-state index in [4.69, 9.17) is 9.47 Å². The predicted octanol–water partition coefficient (Wildman–Crippen LogP) is 3.62. The molecule has 0 radical (unpaired) electrons. The standard InChI is InChI=1S/C18H27NO4/c1-14(2)9-8-12-22-17(20)15(3)19(4)18(21)23-13-16-10-6-5-7-11-16/h5-7,10-11,14-15H,8-9,12-13H2,1-4H3. The molecule has 0 spiro atoms. The Morgan fingerprint density at radius 3 is 2.35 bits per heavy atom. The fraction of sp³-hybridized carbons (Fsp3) is 0.556. The summed E-state index contributed by atoms with van der Waals surface area (Å²) in [5.41, 5.74) is 0.901. The summed E-state index contributed by atoms with van der Waals surface area (Å²) >= 11 is 0. The molecule has 0 bridgehead atoms. The maximum Gasteiger partial charge on any atom is 0.410 e. The number of rotatable bonds is 8. The van der Waals surface area contributed by atoms with Crippen molar-refractivity contribution >= 4 is 12.1 Å². The van der Waals surface area contributed by atoms with Crippen molar-refractivity contribution in [2.75, 3.05) is 13.7 Å². The number of ether oxygens (including phenoxy) is 2. The van der Waals surface area contributed by atoms with Crippen molar-refractivity contribution in [2.45, 2.75) is 46.3 Å². The summed E-state index contributed by atoms with van der Waals surface area (Å²) in [6, 6.07) is 8.74. The highest BCUT2D eigenvalue weighted by atomic mass is 16.6. The molecule has 1 aromatic carbocycles. The van der Waals surface area contributed by atoms with Gasteiger partial charge in [0, 0.05) is 7.05 Å². The van der Waals surface area contributed by atoms with Crippen molar-refractivity contribution in [3.8, 4) is 0 Å². The van der Waals surface area contributed by atoms with Gasteiger partial charge in [0.15, 0.2) is 0 Å². The number of hydrogen-bond acceptors (Lipinski definition) is 4. The Morgan fingerprint density at radius 1 is 1.09 bits per heavy atom. The lowest BCUT2D eigenvalue weighted by molar-refractivity contribution is -0.148. The molecular formula is C18H27NO4. The summed E-state index contributed by atoms with van der Waals surface area (Å²) in [4.78, 5) is 25.2. The number of nitrogens with zero attached hydrogens (tertiary/aromatic N) is 1. The van der Waals surface area contributed by atoms with Gasteiger partial charge in [-0.05, 0) is 31.2 Å². The van der Waals surface area contributed by atoms with Gasteiger partial charge in [-0.1, -0.05) is 44.2 Å². The number of esters is 1. The SMILES string of the molecule is CC(C)CCCOC(=O)C(C)N(C)C(=O)OCc1ccccc1. The van der Waals surface area contributed by atoms with Crippen LogP contribution in [0, 0.1) is 5.92 Å². The van der Waals surface area contributed by atoms with Crippen LogP contribution in [0.4, 0.5) is 4.79 Å². The molecular weight excluding hydrogens is 294 g/mol. The van der Waals surface area contributed by atoms with E-state index in [0.717, 1.165) is 18.4 Å². The molecule has 0 aromatic heterocycles. The van der Waals surface area contributed by atoms with Crippen molar-refractivity contribution in [3.05, 3.63) is 35.9 Å². The van der Waals surface area contributed by atoms with Crippen LogP contribution in [0.25, 0.3) is 0 Å². The minimum atomic E-state index is -0.669. The first-order chi connectivity index (χ1) is 10.9. The van der Waals surface area contributed by atoms with Gasteiger partial charge in [-0.15, -0.1) is 0 Å². The fourth-order valence-electron chi connectivity index (χ4n) is 1.92. The highest BCUT2D eigenvalue weighted by Gasteiger charge is 2.24. The zero-order valence-electron chi connectivity index (χ0n) is 14.5. The van der Waals surface area contributed by atoms with E-state index in [-0.39, 0.29) is 6.61 Å². The molecule has 0 fully saturated rings. The molecule has 0 saturated carbocycles. The molecule has 0 aliphatic rings. The number of likely N-dealkylation sites (N-methyl/N-ethyl adjacent to an activating group) is 1. The second-order valence-corrected chi connectivity index (χ2v) is 6.03. The number of amides is 1. The van der Waals surface area contributed by atoms with Crippen LogP contribution in [0.3, 0.4) is 0 Å². The van der Waals surface area contributed by atoms with Crippen molar-refractivity contribution in [1.29, 1.82) is 0 Å². The van der Waals surface area contributed by atoms with Gasteiger partial charge in [0.05, 0.1) is 6.61 Å². The van der Waals surface area contributed by atoms with Gasteiger partial charge < -0.3 is 9.47 Å². The van der Waals surface area contributed by atoms with E-state index in [2.05, 4.69) is 13.8 Å². The molecule has 23 heavy (non-hydrogen) atoms. The summed E-state index contributed by atoms with van der Waals surface area (Å²) in [7, 11) is 1.54. The van der Waals surface area contributed by atoms with Crippen LogP contribution in [0.1, 0.15) is 39.2 Å². The minimum absolute atomic E-state index is 0.181. The number of hydrogen-bond donors (Lipinski definition) is 0. The second kappa shape index (κ2) is 9.87. The van der Waals surface area contributed by atoms with Crippen molar-refractivity contribution in [2.24, 2.45) is 5.92 Å². The maximum atomic E-state index is 12.0. The normalized spacial score (nSPS) is 11.9. The lowest BCUT2D eigenvalue weighted by atomic mass is 10.1. The summed E-state index contributed by atoms with van der Waals surface area (Å²) in [5, 5.41) is 0. The number of benzene rings is 1. The van der Waals surface area contributed by atoms with E-state index in [1.165, 1.54) is 11.9 Å². The van der Waals surface area contributed by atoms with E-state index in [1.54, 1.807) is 6.92 Å². The van der Waals surface area contributed by atoms with Crippen molar-refractivity contribution in [1.82, 2.24) is 4.90 Å². The predicted molar refractivity (Wildman–Crippen MR) is 88.9 cm³/mol. The Kier molecular flexibility index (Phi) is 8.16. The van der Waals surface area contributed by atoms with Gasteiger partial charge in [0.1, 0.15) is 12.6 Å². The summed E-state index contributed by atoms with van der Waals surface area (Å²) < 4.78 is 10.4. The van der Waals surface area contributed by atoms with Crippen molar-refractivity contribution < 1.29 is 19.1 Å². The van der Waals surface area contributed by atoms with E-state index in [1.807, 2.05) is 30.3 Å². The average Bonchev–Trinajstić information content (AvgIpc) is 2.55. The molecule has 0 saturated heterocycles. The topological polar surface area (TPSA) is 55.8 Å². The van der Waals surface area contributed by atoms with E-state index >= 15 is 0 Å². The lowest BCUT2D eigenvalue weighted by Gasteiger charge is -2.23. The zero-order valence-corrected chi connectivity index (χ0v) is 14.5. The minimum Gasteiger partial charge on any atom is -0.464 e. The van der Waals surface area contributed by atoms with E-state index in [9.17, 15) is 9.59 Å². The Bertz CT molecular complexity index is 487. The third kappa shape index (κ3) is 7.17. The fourth-order valence-corrected chi connectivity index (χ4v) is 1.92. The molecule has 1 aromatic rings. The van der Waals surface area contributed by atoms with Gasteiger partial charge in [0.2, 0.25) is 0 Å². The van der Waals surface area contributed by atoms with Gasteiger partial charge in [-0.25, -0.2) is 9.59 Å². The highest BCUT2D eigenvalue weighted by Crippen LogP contribution is 2.07. The van der Waals surface area contributed by atoms with Crippen LogP contribution in [-0.2, 0) is 20.9 Å². The van der Waals surface area contributed by atoms with Gasteiger partial charge in [-0.3, -0.25) is 4.90 Å². The molecule has 0 N–H and O–H groups in total. The quantitative estimate of drug-likeness (QED) is 0.542. The summed E-state index contributed by atoms with van der Waals surface area (Å²) in [5.74, 6) is 0.176. The van der Waals surface area contributed by atoms with Crippen LogP contribution in [-0.4, -0.2) is 36.7 Å². The Balaban J connectivity index is 2.34. The average molecular weight is 321 g/mol. The molecule has 1 unspecified atom stereocenters. The van der Waals surface area contributed by atoms with Crippen LogP contribution < -0.4 is 0 Å². The second-order valence-electron chi connectivity index (χ2n) is 6.03. The molecule has 5 nitrogen and oxygen atoms in total. The van der Waals surface area contributed by atoms with E-state index < -0.39 is 18.1 Å². The zero-order chi connectivity index (χ0) is 17.2. The van der Waals surface area contributed by atoms with Crippen LogP contribution in [0.15, 0.2) is 30.3 Å². The first-order valence-electron chi connectivity index (χ1n) is 8.02. The summed E-state index contributed by atoms with van der Waals surface area (Å²) in [6.07, 6.45) is 1.30. The van der Waals surface area contributed by atoms with Gasteiger partial charge >= 0.3 is 12.1 Å². The van der Waals surface area contributed by atoms with Crippen LogP contribution >= 0.6 is 0 Å². The molecule has 1 atom stereocenters. The number of carbonyl (C=O) groups is 2. The molecule has 1 rings (SSSR count).